The van der Waals surface area contributed by atoms with Gasteiger partial charge >= 0.3 is 0 Å². The minimum atomic E-state index is -2.67. The molecule has 3 nitrogen and oxygen atoms in total. The van der Waals surface area contributed by atoms with Gasteiger partial charge in [-0.15, -0.1) is 0 Å². The van der Waals surface area contributed by atoms with Crippen LogP contribution in [0.25, 0.3) is 0 Å². The van der Waals surface area contributed by atoms with Gasteiger partial charge in [-0.3, -0.25) is 0 Å². The summed E-state index contributed by atoms with van der Waals surface area (Å²) in [5.41, 5.74) is 0. The van der Waals surface area contributed by atoms with Crippen LogP contribution >= 0.6 is 0 Å². The van der Waals surface area contributed by atoms with Crippen LogP contribution in [-0.2, 0) is 9.84 Å². The SMILES string of the molecule is CCCNCC1CCS(=O)(=O)C1. The van der Waals surface area contributed by atoms with Crippen LogP contribution in [0.1, 0.15) is 19.8 Å². The van der Waals surface area contributed by atoms with Gasteiger partial charge in [0.15, 0.2) is 9.84 Å². The van der Waals surface area contributed by atoms with E-state index in [0.29, 0.717) is 17.4 Å². The van der Waals surface area contributed by atoms with Crippen LogP contribution in [0.15, 0.2) is 0 Å². The van der Waals surface area contributed by atoms with Gasteiger partial charge in [0.05, 0.1) is 11.5 Å². The Kier molecular flexibility index (Phi) is 3.53. The molecule has 0 aromatic rings. The maximum atomic E-state index is 11.0. The maximum absolute atomic E-state index is 11.0. The van der Waals surface area contributed by atoms with Crippen molar-refractivity contribution >= 4 is 9.84 Å². The lowest BCUT2D eigenvalue weighted by Crippen LogP contribution is -2.24. The Morgan fingerprint density at radius 3 is 2.75 bits per heavy atom. The molecule has 4 heteroatoms. The lowest BCUT2D eigenvalue weighted by molar-refractivity contribution is 0.520. The van der Waals surface area contributed by atoms with Crippen LogP contribution in [0.3, 0.4) is 0 Å². The van der Waals surface area contributed by atoms with Crippen molar-refractivity contribution in [3.63, 3.8) is 0 Å². The molecule has 0 spiro atoms. The molecular weight excluding hydrogens is 174 g/mol. The van der Waals surface area contributed by atoms with Crippen molar-refractivity contribution in [2.45, 2.75) is 19.8 Å². The smallest absolute Gasteiger partial charge is 0.150 e. The summed E-state index contributed by atoms with van der Waals surface area (Å²) in [6, 6.07) is 0. The summed E-state index contributed by atoms with van der Waals surface area (Å²) in [7, 11) is -2.67. The van der Waals surface area contributed by atoms with E-state index in [1.807, 2.05) is 0 Å². The normalized spacial score (nSPS) is 27.6. The first-order valence-electron chi connectivity index (χ1n) is 4.55. The summed E-state index contributed by atoms with van der Waals surface area (Å²) >= 11 is 0. The number of sulfone groups is 1. The fraction of sp³-hybridized carbons (Fsp3) is 1.00. The Bertz CT molecular complexity index is 223. The molecule has 0 amide bonds. The molecule has 72 valence electrons. The van der Waals surface area contributed by atoms with Crippen LogP contribution in [0.5, 0.6) is 0 Å². The molecule has 0 saturated carbocycles. The van der Waals surface area contributed by atoms with Crippen LogP contribution in [0.4, 0.5) is 0 Å². The quantitative estimate of drug-likeness (QED) is 0.655. The third-order valence-electron chi connectivity index (χ3n) is 2.19. The van der Waals surface area contributed by atoms with E-state index in [9.17, 15) is 8.42 Å². The molecule has 1 unspecified atom stereocenters. The molecule has 0 aliphatic carbocycles. The van der Waals surface area contributed by atoms with Crippen molar-refractivity contribution < 1.29 is 8.42 Å². The highest BCUT2D eigenvalue weighted by atomic mass is 32.2. The lowest BCUT2D eigenvalue weighted by Gasteiger charge is -2.07. The van der Waals surface area contributed by atoms with Crippen LogP contribution in [0.2, 0.25) is 0 Å². The largest absolute Gasteiger partial charge is 0.316 e. The first-order valence-corrected chi connectivity index (χ1v) is 6.37. The van der Waals surface area contributed by atoms with Gasteiger partial charge in [-0.1, -0.05) is 6.92 Å². The highest BCUT2D eigenvalue weighted by molar-refractivity contribution is 7.91. The summed E-state index contributed by atoms with van der Waals surface area (Å²) in [5.74, 6) is 1.15. The Hall–Kier alpha value is -0.0900. The Balaban J connectivity index is 2.20. The van der Waals surface area contributed by atoms with E-state index in [2.05, 4.69) is 12.2 Å². The van der Waals surface area contributed by atoms with Gasteiger partial charge in [-0.05, 0) is 31.8 Å². The molecule has 0 radical (unpaired) electrons. The molecule has 0 bridgehead atoms. The second kappa shape index (κ2) is 4.23. The summed E-state index contributed by atoms with van der Waals surface area (Å²) in [4.78, 5) is 0. The third-order valence-corrected chi connectivity index (χ3v) is 4.02. The minimum Gasteiger partial charge on any atom is -0.316 e. The van der Waals surface area contributed by atoms with Crippen molar-refractivity contribution in [2.75, 3.05) is 24.6 Å². The third kappa shape index (κ3) is 3.11. The monoisotopic (exact) mass is 191 g/mol. The number of rotatable bonds is 4. The molecule has 0 aromatic heterocycles. The Labute approximate surface area is 74.5 Å². The molecule has 1 aliphatic rings. The maximum Gasteiger partial charge on any atom is 0.150 e. The zero-order chi connectivity index (χ0) is 9.03. The van der Waals surface area contributed by atoms with Crippen LogP contribution in [-0.4, -0.2) is 33.0 Å². The number of nitrogens with one attached hydrogen (secondary N) is 1. The molecule has 12 heavy (non-hydrogen) atoms. The van der Waals surface area contributed by atoms with E-state index in [4.69, 9.17) is 0 Å². The minimum absolute atomic E-state index is 0.363. The first kappa shape index (κ1) is 9.99. The number of hydrogen-bond donors (Lipinski definition) is 1. The number of hydrogen-bond acceptors (Lipinski definition) is 3. The molecule has 0 aromatic carbocycles. The van der Waals surface area contributed by atoms with Crippen molar-refractivity contribution in [1.82, 2.24) is 5.32 Å². The summed E-state index contributed by atoms with van der Waals surface area (Å²) in [6.45, 7) is 3.97. The summed E-state index contributed by atoms with van der Waals surface area (Å²) in [6.07, 6.45) is 1.96. The molecule has 1 N–H and O–H groups in total. The second-order valence-electron chi connectivity index (χ2n) is 3.47. The average Bonchev–Trinajstić information content (AvgIpc) is 2.31. The van der Waals surface area contributed by atoms with Gasteiger partial charge in [0.2, 0.25) is 0 Å². The van der Waals surface area contributed by atoms with Gasteiger partial charge in [0.1, 0.15) is 0 Å². The van der Waals surface area contributed by atoms with E-state index in [-0.39, 0.29) is 0 Å². The van der Waals surface area contributed by atoms with E-state index < -0.39 is 9.84 Å². The van der Waals surface area contributed by atoms with Gasteiger partial charge in [-0.2, -0.15) is 0 Å². The molecule has 1 rings (SSSR count). The molecule has 1 fully saturated rings. The molecular formula is C8H17NO2S. The van der Waals surface area contributed by atoms with Crippen LogP contribution in [0, 0.1) is 5.92 Å². The van der Waals surface area contributed by atoms with Crippen molar-refractivity contribution in [2.24, 2.45) is 5.92 Å². The first-order chi connectivity index (χ1) is 5.64. The summed E-state index contributed by atoms with van der Waals surface area (Å²) in [5, 5.41) is 3.25. The van der Waals surface area contributed by atoms with E-state index in [1.54, 1.807) is 0 Å². The zero-order valence-corrected chi connectivity index (χ0v) is 8.36. The topological polar surface area (TPSA) is 46.2 Å². The van der Waals surface area contributed by atoms with Crippen molar-refractivity contribution in [1.29, 1.82) is 0 Å². The second-order valence-corrected chi connectivity index (χ2v) is 5.70. The molecule has 1 heterocycles. The fourth-order valence-corrected chi connectivity index (χ4v) is 3.38. The Morgan fingerprint density at radius 2 is 2.25 bits per heavy atom. The van der Waals surface area contributed by atoms with E-state index in [1.165, 1.54) is 0 Å². The Morgan fingerprint density at radius 1 is 1.50 bits per heavy atom. The van der Waals surface area contributed by atoms with Crippen molar-refractivity contribution in [3.05, 3.63) is 0 Å². The standard InChI is InChI=1S/C8H17NO2S/c1-2-4-9-6-8-3-5-12(10,11)7-8/h8-9H,2-7H2,1H3. The fourth-order valence-electron chi connectivity index (χ4n) is 1.52. The van der Waals surface area contributed by atoms with Crippen molar-refractivity contribution in [3.8, 4) is 0 Å². The zero-order valence-electron chi connectivity index (χ0n) is 7.54. The highest BCUT2D eigenvalue weighted by Crippen LogP contribution is 2.17. The summed E-state index contributed by atoms with van der Waals surface area (Å²) < 4.78 is 22.1. The predicted octanol–water partition coefficient (Wildman–Crippen LogP) is 0.421. The van der Waals surface area contributed by atoms with Crippen LogP contribution < -0.4 is 5.32 Å². The molecule has 1 atom stereocenters. The lowest BCUT2D eigenvalue weighted by atomic mass is 10.1. The highest BCUT2D eigenvalue weighted by Gasteiger charge is 2.26. The molecule has 1 aliphatic heterocycles. The van der Waals surface area contributed by atoms with E-state index >= 15 is 0 Å². The van der Waals surface area contributed by atoms with Gasteiger partial charge in [0.25, 0.3) is 0 Å². The predicted molar refractivity (Wildman–Crippen MR) is 49.9 cm³/mol. The van der Waals surface area contributed by atoms with Gasteiger partial charge < -0.3 is 5.32 Å². The van der Waals surface area contributed by atoms with Gasteiger partial charge in [0, 0.05) is 0 Å². The molecule has 1 saturated heterocycles. The average molecular weight is 191 g/mol. The van der Waals surface area contributed by atoms with E-state index in [0.717, 1.165) is 25.9 Å². The van der Waals surface area contributed by atoms with Gasteiger partial charge in [-0.25, -0.2) is 8.42 Å².